The molecule has 1 aromatic rings. The molecule has 0 aromatic heterocycles. The van der Waals surface area contributed by atoms with Gasteiger partial charge in [0.1, 0.15) is 0 Å². The summed E-state index contributed by atoms with van der Waals surface area (Å²) in [5.74, 6) is 0.300. The van der Waals surface area contributed by atoms with Crippen LogP contribution >= 0.6 is 15.9 Å². The minimum absolute atomic E-state index is 0.0436. The van der Waals surface area contributed by atoms with Crippen molar-refractivity contribution in [2.24, 2.45) is 23.7 Å². The molecule has 1 heterocycles. The SMILES string of the molecule is CCc1cc(Br)ccc1NC(=O)CCN1C(=O)[C@H]2[C@H]3CC[C@@H](C3)[C@@H]2C1=O. The molecule has 1 N–H and O–H groups in total. The van der Waals surface area contributed by atoms with E-state index < -0.39 is 0 Å². The summed E-state index contributed by atoms with van der Waals surface area (Å²) < 4.78 is 0.974. The molecule has 1 saturated heterocycles. The number of imide groups is 1. The summed E-state index contributed by atoms with van der Waals surface area (Å²) in [5.41, 5.74) is 1.84. The highest BCUT2D eigenvalue weighted by molar-refractivity contribution is 9.10. The molecule has 2 aliphatic carbocycles. The molecule has 138 valence electrons. The number of hydrogen-bond donors (Lipinski definition) is 1. The number of nitrogens with zero attached hydrogens (tertiary/aromatic N) is 1. The Balaban J connectivity index is 1.38. The minimum atomic E-state index is -0.164. The Hall–Kier alpha value is -1.69. The smallest absolute Gasteiger partial charge is 0.233 e. The fourth-order valence-electron chi connectivity index (χ4n) is 5.09. The lowest BCUT2D eigenvalue weighted by Gasteiger charge is -2.19. The van der Waals surface area contributed by atoms with Gasteiger partial charge < -0.3 is 5.32 Å². The number of aryl methyl sites for hydroxylation is 1. The molecule has 3 aliphatic rings. The molecule has 2 saturated carbocycles. The van der Waals surface area contributed by atoms with Crippen molar-refractivity contribution in [3.05, 3.63) is 28.2 Å². The van der Waals surface area contributed by atoms with Crippen molar-refractivity contribution in [3.8, 4) is 0 Å². The monoisotopic (exact) mass is 418 g/mol. The predicted molar refractivity (Wildman–Crippen MR) is 101 cm³/mol. The van der Waals surface area contributed by atoms with Crippen molar-refractivity contribution in [2.75, 3.05) is 11.9 Å². The first-order chi connectivity index (χ1) is 12.5. The van der Waals surface area contributed by atoms with E-state index in [1.807, 2.05) is 25.1 Å². The van der Waals surface area contributed by atoms with Crippen LogP contribution in [0.3, 0.4) is 0 Å². The molecule has 3 amide bonds. The molecule has 0 unspecified atom stereocenters. The fourth-order valence-corrected chi connectivity index (χ4v) is 5.50. The molecule has 4 atom stereocenters. The number of rotatable bonds is 5. The first-order valence-electron chi connectivity index (χ1n) is 9.43. The number of carbonyl (C=O) groups is 3. The van der Waals surface area contributed by atoms with Crippen molar-refractivity contribution in [3.63, 3.8) is 0 Å². The summed E-state index contributed by atoms with van der Waals surface area (Å²) in [6.45, 7) is 2.22. The van der Waals surface area contributed by atoms with Crippen LogP contribution in [0.2, 0.25) is 0 Å². The molecule has 1 aromatic carbocycles. The summed E-state index contributed by atoms with van der Waals surface area (Å²) in [6, 6.07) is 5.74. The number of likely N-dealkylation sites (tertiary alicyclic amines) is 1. The predicted octanol–water partition coefficient (Wildman–Crippen LogP) is 3.37. The van der Waals surface area contributed by atoms with Crippen LogP contribution in [0.5, 0.6) is 0 Å². The van der Waals surface area contributed by atoms with Gasteiger partial charge in [0.2, 0.25) is 17.7 Å². The van der Waals surface area contributed by atoms with Crippen LogP contribution in [0.15, 0.2) is 22.7 Å². The summed E-state index contributed by atoms with van der Waals surface area (Å²) in [6.07, 6.45) is 4.13. The van der Waals surface area contributed by atoms with Crippen LogP contribution < -0.4 is 5.32 Å². The summed E-state index contributed by atoms with van der Waals surface area (Å²) in [7, 11) is 0. The molecule has 26 heavy (non-hydrogen) atoms. The van der Waals surface area contributed by atoms with Gasteiger partial charge >= 0.3 is 0 Å². The number of benzene rings is 1. The lowest BCUT2D eigenvalue weighted by molar-refractivity contribution is -0.140. The van der Waals surface area contributed by atoms with E-state index >= 15 is 0 Å². The average Bonchev–Trinajstić information content (AvgIpc) is 3.29. The van der Waals surface area contributed by atoms with E-state index in [2.05, 4.69) is 21.2 Å². The Kier molecular flexibility index (Phi) is 4.63. The first kappa shape index (κ1) is 17.7. The van der Waals surface area contributed by atoms with Crippen LogP contribution in [-0.4, -0.2) is 29.2 Å². The second-order valence-electron chi connectivity index (χ2n) is 7.67. The van der Waals surface area contributed by atoms with Crippen molar-refractivity contribution >= 4 is 39.3 Å². The van der Waals surface area contributed by atoms with Gasteiger partial charge in [-0.2, -0.15) is 0 Å². The topological polar surface area (TPSA) is 66.5 Å². The molecule has 3 fully saturated rings. The normalized spacial score (nSPS) is 29.4. The van der Waals surface area contributed by atoms with Crippen molar-refractivity contribution < 1.29 is 14.4 Å². The number of halogens is 1. The van der Waals surface area contributed by atoms with Crippen LogP contribution in [0.1, 0.15) is 38.2 Å². The van der Waals surface area contributed by atoms with Gasteiger partial charge in [-0.1, -0.05) is 22.9 Å². The van der Waals surface area contributed by atoms with Gasteiger partial charge in [-0.05, 0) is 61.3 Å². The quantitative estimate of drug-likeness (QED) is 0.745. The summed E-state index contributed by atoms with van der Waals surface area (Å²) in [4.78, 5) is 39.0. The number of anilines is 1. The van der Waals surface area contributed by atoms with Gasteiger partial charge in [-0.25, -0.2) is 0 Å². The Labute approximate surface area is 161 Å². The molecular weight excluding hydrogens is 396 g/mol. The van der Waals surface area contributed by atoms with E-state index in [4.69, 9.17) is 0 Å². The molecule has 2 bridgehead atoms. The lowest BCUT2D eigenvalue weighted by Crippen LogP contribution is -2.35. The third-order valence-electron chi connectivity index (χ3n) is 6.30. The highest BCUT2D eigenvalue weighted by atomic mass is 79.9. The number of hydrogen-bond acceptors (Lipinski definition) is 3. The van der Waals surface area contributed by atoms with Crippen LogP contribution in [0.25, 0.3) is 0 Å². The van der Waals surface area contributed by atoms with E-state index in [1.54, 1.807) is 0 Å². The van der Waals surface area contributed by atoms with Crippen LogP contribution in [0, 0.1) is 23.7 Å². The maximum Gasteiger partial charge on any atom is 0.233 e. The second kappa shape index (κ2) is 6.80. The minimum Gasteiger partial charge on any atom is -0.326 e. The standard InChI is InChI=1S/C20H23BrN2O3/c1-2-11-10-14(21)5-6-15(11)22-16(24)7-8-23-19(25)17-12-3-4-13(9-12)18(17)20(23)26/h5-6,10,12-13,17-18H,2-4,7-9H2,1H3,(H,22,24)/t12-,13-,17-,18-/m0/s1. The third kappa shape index (κ3) is 2.88. The second-order valence-corrected chi connectivity index (χ2v) is 8.58. The van der Waals surface area contributed by atoms with Gasteiger partial charge in [-0.15, -0.1) is 0 Å². The zero-order valence-electron chi connectivity index (χ0n) is 14.8. The Bertz CT molecular complexity index is 750. The maximum absolute atomic E-state index is 12.7. The molecule has 4 rings (SSSR count). The highest BCUT2D eigenvalue weighted by Crippen LogP contribution is 2.56. The summed E-state index contributed by atoms with van der Waals surface area (Å²) >= 11 is 3.44. The van der Waals surface area contributed by atoms with E-state index in [0.29, 0.717) is 11.8 Å². The lowest BCUT2D eigenvalue weighted by atomic mass is 9.81. The highest BCUT2D eigenvalue weighted by Gasteiger charge is 2.60. The number of carbonyl (C=O) groups excluding carboxylic acids is 3. The number of nitrogens with one attached hydrogen (secondary N) is 1. The van der Waals surface area contributed by atoms with Gasteiger partial charge in [-0.3, -0.25) is 19.3 Å². The molecule has 0 spiro atoms. The molecule has 5 nitrogen and oxygen atoms in total. The Morgan fingerprint density at radius 1 is 1.19 bits per heavy atom. The Morgan fingerprint density at radius 2 is 1.85 bits per heavy atom. The molecule has 0 radical (unpaired) electrons. The van der Waals surface area contributed by atoms with E-state index in [1.165, 1.54) is 4.90 Å². The molecule has 6 heteroatoms. The average molecular weight is 419 g/mol. The van der Waals surface area contributed by atoms with E-state index in [-0.39, 0.29) is 42.5 Å². The Morgan fingerprint density at radius 3 is 2.46 bits per heavy atom. The van der Waals surface area contributed by atoms with Crippen LogP contribution in [0.4, 0.5) is 5.69 Å². The number of amides is 3. The van der Waals surface area contributed by atoms with Crippen LogP contribution in [-0.2, 0) is 20.8 Å². The van der Waals surface area contributed by atoms with Gasteiger partial charge in [0, 0.05) is 23.1 Å². The zero-order valence-corrected chi connectivity index (χ0v) is 16.4. The first-order valence-corrected chi connectivity index (χ1v) is 10.2. The zero-order chi connectivity index (χ0) is 18.4. The van der Waals surface area contributed by atoms with Gasteiger partial charge in [0.15, 0.2) is 0 Å². The largest absolute Gasteiger partial charge is 0.326 e. The van der Waals surface area contributed by atoms with Gasteiger partial charge in [0.05, 0.1) is 11.8 Å². The maximum atomic E-state index is 12.7. The molecule has 1 aliphatic heterocycles. The molecular formula is C20H23BrN2O3. The van der Waals surface area contributed by atoms with Gasteiger partial charge in [0.25, 0.3) is 0 Å². The van der Waals surface area contributed by atoms with Crippen molar-refractivity contribution in [2.45, 2.75) is 39.0 Å². The number of fused-ring (bicyclic) bond motifs is 5. The summed E-state index contributed by atoms with van der Waals surface area (Å²) in [5, 5.41) is 2.91. The van der Waals surface area contributed by atoms with Crippen molar-refractivity contribution in [1.29, 1.82) is 0 Å². The van der Waals surface area contributed by atoms with Crippen molar-refractivity contribution in [1.82, 2.24) is 4.90 Å². The van der Waals surface area contributed by atoms with E-state index in [9.17, 15) is 14.4 Å². The fraction of sp³-hybridized carbons (Fsp3) is 0.550. The third-order valence-corrected chi connectivity index (χ3v) is 6.80. The van der Waals surface area contributed by atoms with E-state index in [0.717, 1.165) is 41.4 Å².